The number of hydrogen-bond acceptors (Lipinski definition) is 6. The third kappa shape index (κ3) is 6.53. The van der Waals surface area contributed by atoms with Gasteiger partial charge in [-0.15, -0.1) is 0 Å². The number of benzene rings is 2. The molecule has 1 heterocycles. The van der Waals surface area contributed by atoms with Crippen molar-refractivity contribution in [3.05, 3.63) is 48.0 Å². The fraction of sp³-hybridized carbons (Fsp3) is 0.480. The Kier molecular flexibility index (Phi) is 8.98. The number of carboxylic acids is 1. The van der Waals surface area contributed by atoms with Crippen LogP contribution in [0.3, 0.4) is 0 Å². The van der Waals surface area contributed by atoms with Crippen LogP contribution in [0.2, 0.25) is 0 Å². The van der Waals surface area contributed by atoms with E-state index in [9.17, 15) is 19.5 Å². The number of amides is 2. The second-order valence-electron chi connectivity index (χ2n) is 8.69. The number of carbonyl (C=O) groups excluding carboxylic acids is 2. The summed E-state index contributed by atoms with van der Waals surface area (Å²) in [6, 6.07) is 11.8. The van der Waals surface area contributed by atoms with Crippen molar-refractivity contribution in [1.82, 2.24) is 15.3 Å². The van der Waals surface area contributed by atoms with Gasteiger partial charge in [-0.1, -0.05) is 42.5 Å². The molecular weight excluding hydrogens is 436 g/mol. The van der Waals surface area contributed by atoms with Crippen molar-refractivity contribution < 1.29 is 24.2 Å². The number of rotatable bonds is 10. The molecule has 3 rings (SSSR count). The van der Waals surface area contributed by atoms with Crippen LogP contribution in [0.25, 0.3) is 10.8 Å². The summed E-state index contributed by atoms with van der Waals surface area (Å²) in [6.45, 7) is 2.06. The van der Waals surface area contributed by atoms with E-state index < -0.39 is 30.2 Å². The van der Waals surface area contributed by atoms with E-state index in [4.69, 9.17) is 10.5 Å². The molecule has 3 atom stereocenters. The zero-order valence-corrected chi connectivity index (χ0v) is 19.8. The molecule has 1 aliphatic rings. The lowest BCUT2D eigenvalue weighted by atomic mass is 10.00. The number of carbonyl (C=O) groups is 3. The summed E-state index contributed by atoms with van der Waals surface area (Å²) < 4.78 is 5.82. The lowest BCUT2D eigenvalue weighted by Gasteiger charge is -2.39. The third-order valence-corrected chi connectivity index (χ3v) is 6.17. The van der Waals surface area contributed by atoms with E-state index >= 15 is 0 Å². The van der Waals surface area contributed by atoms with Gasteiger partial charge in [-0.05, 0) is 48.4 Å². The van der Waals surface area contributed by atoms with Crippen LogP contribution in [0.15, 0.2) is 42.5 Å². The summed E-state index contributed by atoms with van der Waals surface area (Å²) in [7, 11) is 1.56. The summed E-state index contributed by atoms with van der Waals surface area (Å²) in [5.41, 5.74) is 10.1. The normalized spacial score (nSPS) is 17.7. The first-order valence-electron chi connectivity index (χ1n) is 11.7. The summed E-state index contributed by atoms with van der Waals surface area (Å²) in [5, 5.41) is 13.4. The number of ether oxygens (including phenoxy) is 1. The van der Waals surface area contributed by atoms with Gasteiger partial charge in [0.15, 0.2) is 0 Å². The summed E-state index contributed by atoms with van der Waals surface area (Å²) in [4.78, 5) is 38.5. The van der Waals surface area contributed by atoms with Gasteiger partial charge in [-0.2, -0.15) is 0 Å². The number of nitrogens with two attached hydrogens (primary N) is 1. The number of hydrogen-bond donors (Lipinski definition) is 3. The van der Waals surface area contributed by atoms with Crippen LogP contribution >= 0.6 is 0 Å². The van der Waals surface area contributed by atoms with Crippen molar-refractivity contribution >= 4 is 28.6 Å². The molecule has 1 saturated heterocycles. The molecule has 0 radical (unpaired) electrons. The SMILES string of the molecule is CC(=O)N(C)NCC[C@@H](C(=O)O)N(C(=O)[C@@H](N)Cc1ccc2ccccc2c1)C1CCCCO1. The van der Waals surface area contributed by atoms with Crippen LogP contribution < -0.4 is 11.2 Å². The standard InChI is InChI=1S/C25H34N4O5/c1-17(30)28(2)27-13-12-22(25(32)33)29(23-9-5-6-14-34-23)24(31)21(26)16-18-10-11-19-7-3-4-8-20(19)15-18/h3-4,7-8,10-11,15,21-23,27H,5-6,9,12-14,16,26H2,1-2H3,(H,32,33)/t21-,22-,23?/m0/s1. The minimum Gasteiger partial charge on any atom is -0.480 e. The van der Waals surface area contributed by atoms with E-state index in [0.717, 1.165) is 29.2 Å². The topological polar surface area (TPSA) is 125 Å². The van der Waals surface area contributed by atoms with Crippen molar-refractivity contribution in [2.24, 2.45) is 5.73 Å². The molecule has 1 fully saturated rings. The molecule has 1 unspecified atom stereocenters. The van der Waals surface area contributed by atoms with Crippen LogP contribution in [0.5, 0.6) is 0 Å². The number of nitrogens with zero attached hydrogens (tertiary/aromatic N) is 2. The molecule has 2 aromatic carbocycles. The summed E-state index contributed by atoms with van der Waals surface area (Å²) in [6.07, 6.45) is 2.00. The highest BCUT2D eigenvalue weighted by Crippen LogP contribution is 2.23. The Hall–Kier alpha value is -3.01. The quantitative estimate of drug-likeness (QED) is 0.453. The largest absolute Gasteiger partial charge is 0.480 e. The maximum Gasteiger partial charge on any atom is 0.326 e. The van der Waals surface area contributed by atoms with Gasteiger partial charge >= 0.3 is 5.97 Å². The van der Waals surface area contributed by atoms with Crippen molar-refractivity contribution in [1.29, 1.82) is 0 Å². The highest BCUT2D eigenvalue weighted by molar-refractivity contribution is 5.88. The molecule has 0 aliphatic carbocycles. The van der Waals surface area contributed by atoms with Gasteiger partial charge in [0.2, 0.25) is 11.8 Å². The smallest absolute Gasteiger partial charge is 0.326 e. The van der Waals surface area contributed by atoms with Crippen LogP contribution in [0.1, 0.15) is 38.2 Å². The molecule has 2 amide bonds. The van der Waals surface area contributed by atoms with Crippen LogP contribution in [0, 0.1) is 0 Å². The molecule has 2 aromatic rings. The Morgan fingerprint density at radius 2 is 1.91 bits per heavy atom. The zero-order valence-electron chi connectivity index (χ0n) is 19.8. The van der Waals surface area contributed by atoms with E-state index in [2.05, 4.69) is 5.43 Å². The summed E-state index contributed by atoms with van der Waals surface area (Å²) >= 11 is 0. The van der Waals surface area contributed by atoms with Crippen molar-refractivity contribution in [3.63, 3.8) is 0 Å². The Balaban J connectivity index is 1.78. The average Bonchev–Trinajstić information content (AvgIpc) is 2.83. The molecule has 184 valence electrons. The van der Waals surface area contributed by atoms with Crippen LogP contribution in [0.4, 0.5) is 0 Å². The lowest BCUT2D eigenvalue weighted by Crippen LogP contribution is -2.58. The van der Waals surface area contributed by atoms with Gasteiger partial charge < -0.3 is 20.5 Å². The second kappa shape index (κ2) is 11.9. The maximum atomic E-state index is 13.5. The molecule has 34 heavy (non-hydrogen) atoms. The fourth-order valence-corrected chi connectivity index (χ4v) is 4.20. The first kappa shape index (κ1) is 25.6. The van der Waals surface area contributed by atoms with E-state index in [1.807, 2.05) is 42.5 Å². The van der Waals surface area contributed by atoms with Crippen molar-refractivity contribution in [2.45, 2.75) is 57.3 Å². The molecule has 4 N–H and O–H groups in total. The van der Waals surface area contributed by atoms with Gasteiger partial charge in [-0.3, -0.25) is 14.6 Å². The van der Waals surface area contributed by atoms with E-state index in [1.165, 1.54) is 16.8 Å². The first-order chi connectivity index (χ1) is 16.3. The Morgan fingerprint density at radius 1 is 1.18 bits per heavy atom. The van der Waals surface area contributed by atoms with Crippen molar-refractivity contribution in [3.8, 4) is 0 Å². The van der Waals surface area contributed by atoms with Gasteiger partial charge in [0.25, 0.3) is 0 Å². The minimum atomic E-state index is -1.13. The number of nitrogens with one attached hydrogen (secondary N) is 1. The van der Waals surface area contributed by atoms with Gasteiger partial charge in [0.1, 0.15) is 12.3 Å². The number of hydrazine groups is 1. The van der Waals surface area contributed by atoms with Gasteiger partial charge in [0, 0.05) is 27.1 Å². The Labute approximate surface area is 199 Å². The highest BCUT2D eigenvalue weighted by atomic mass is 16.5. The maximum absolute atomic E-state index is 13.5. The fourth-order valence-electron chi connectivity index (χ4n) is 4.20. The molecule has 1 aliphatic heterocycles. The predicted octanol–water partition coefficient (Wildman–Crippen LogP) is 1.89. The molecule has 0 saturated carbocycles. The molecular formula is C25H34N4O5. The first-order valence-corrected chi connectivity index (χ1v) is 11.7. The highest BCUT2D eigenvalue weighted by Gasteiger charge is 2.38. The van der Waals surface area contributed by atoms with Crippen molar-refractivity contribution in [2.75, 3.05) is 20.2 Å². The van der Waals surface area contributed by atoms with E-state index in [-0.39, 0.29) is 25.3 Å². The monoisotopic (exact) mass is 470 g/mol. The Morgan fingerprint density at radius 3 is 2.56 bits per heavy atom. The van der Waals surface area contributed by atoms with Gasteiger partial charge in [-0.25, -0.2) is 10.2 Å². The zero-order chi connectivity index (χ0) is 24.7. The minimum absolute atomic E-state index is 0.0985. The average molecular weight is 471 g/mol. The predicted molar refractivity (Wildman–Crippen MR) is 129 cm³/mol. The Bertz CT molecular complexity index is 1010. The van der Waals surface area contributed by atoms with Gasteiger partial charge in [0.05, 0.1) is 6.04 Å². The number of fused-ring (bicyclic) bond motifs is 1. The lowest BCUT2D eigenvalue weighted by molar-refractivity contribution is -0.170. The van der Waals surface area contributed by atoms with Crippen LogP contribution in [-0.4, -0.2) is 71.3 Å². The van der Waals surface area contributed by atoms with E-state index in [0.29, 0.717) is 13.0 Å². The number of aliphatic carboxylic acids is 1. The van der Waals surface area contributed by atoms with E-state index in [1.54, 1.807) is 7.05 Å². The third-order valence-electron chi connectivity index (χ3n) is 6.17. The molecule has 9 heteroatoms. The molecule has 0 spiro atoms. The van der Waals surface area contributed by atoms with Crippen LogP contribution in [-0.2, 0) is 25.5 Å². The summed E-state index contributed by atoms with van der Waals surface area (Å²) in [5.74, 6) is -1.78. The molecule has 0 bridgehead atoms. The second-order valence-corrected chi connectivity index (χ2v) is 8.69. The number of carboxylic acid groups (broad SMARTS) is 1. The molecule has 9 nitrogen and oxygen atoms in total. The molecule has 0 aromatic heterocycles.